The molecular weight excluding hydrogens is 286 g/mol. The predicted molar refractivity (Wildman–Crippen MR) is 64.8 cm³/mol. The first-order valence-corrected chi connectivity index (χ1v) is 7.37. The third kappa shape index (κ3) is 3.81. The number of hydrogen-bond acceptors (Lipinski definition) is 3. The number of ether oxygens (including phenoxy) is 1. The zero-order chi connectivity index (χ0) is 14.1. The highest BCUT2D eigenvalue weighted by Gasteiger charge is 2.25. The molecule has 0 saturated heterocycles. The summed E-state index contributed by atoms with van der Waals surface area (Å²) in [6.07, 6.45) is 0. The first-order chi connectivity index (χ1) is 8.01. The van der Waals surface area contributed by atoms with Gasteiger partial charge in [0, 0.05) is 16.7 Å². The molecule has 0 unspecified atom stereocenters. The molecule has 1 rings (SSSR count). The van der Waals surface area contributed by atoms with Crippen molar-refractivity contribution in [2.45, 2.75) is 37.7 Å². The van der Waals surface area contributed by atoms with E-state index >= 15 is 0 Å². The molecule has 0 atom stereocenters. The molecule has 0 N–H and O–H groups in total. The molecule has 0 heterocycles. The summed E-state index contributed by atoms with van der Waals surface area (Å²) in [7, 11) is 1.28. The van der Waals surface area contributed by atoms with Crippen molar-refractivity contribution in [3.05, 3.63) is 23.8 Å². The van der Waals surface area contributed by atoms with Gasteiger partial charge in [0.25, 0.3) is 9.05 Å². The Morgan fingerprint density at radius 2 is 1.83 bits per heavy atom. The van der Waals surface area contributed by atoms with E-state index in [2.05, 4.69) is 4.74 Å². The number of benzene rings is 1. The van der Waals surface area contributed by atoms with E-state index in [0.29, 0.717) is 5.56 Å². The molecule has 0 aliphatic carbocycles. The van der Waals surface area contributed by atoms with Crippen LogP contribution < -0.4 is 4.74 Å². The first kappa shape index (κ1) is 15.2. The Kier molecular flexibility index (Phi) is 4.23. The van der Waals surface area contributed by atoms with Crippen molar-refractivity contribution in [2.24, 2.45) is 0 Å². The molecule has 0 saturated carbocycles. The van der Waals surface area contributed by atoms with Gasteiger partial charge in [0.1, 0.15) is 5.75 Å². The SMILES string of the molecule is CC(C)(C)c1ccc(OC(F)F)cc1S(=O)(=O)Cl. The van der Waals surface area contributed by atoms with Gasteiger partial charge in [-0.25, -0.2) is 8.42 Å². The van der Waals surface area contributed by atoms with Gasteiger partial charge in [0.05, 0.1) is 4.90 Å². The molecule has 0 bridgehead atoms. The van der Waals surface area contributed by atoms with Gasteiger partial charge < -0.3 is 4.74 Å². The summed E-state index contributed by atoms with van der Waals surface area (Å²) in [5.41, 5.74) is -0.0418. The van der Waals surface area contributed by atoms with Gasteiger partial charge >= 0.3 is 6.61 Å². The second kappa shape index (κ2) is 5.01. The molecule has 0 spiro atoms. The largest absolute Gasteiger partial charge is 0.435 e. The van der Waals surface area contributed by atoms with Crippen LogP contribution in [-0.2, 0) is 14.5 Å². The molecule has 102 valence electrons. The number of alkyl halides is 2. The molecule has 3 nitrogen and oxygen atoms in total. The van der Waals surface area contributed by atoms with Gasteiger partial charge in [-0.3, -0.25) is 0 Å². The fourth-order valence-corrected chi connectivity index (χ4v) is 2.78. The maximum absolute atomic E-state index is 12.1. The van der Waals surface area contributed by atoms with E-state index in [1.807, 2.05) is 0 Å². The van der Waals surface area contributed by atoms with Crippen LogP contribution in [0.2, 0.25) is 0 Å². The van der Waals surface area contributed by atoms with Crippen LogP contribution in [0.5, 0.6) is 5.75 Å². The lowest BCUT2D eigenvalue weighted by Crippen LogP contribution is -2.15. The highest BCUT2D eigenvalue weighted by atomic mass is 35.7. The molecule has 0 fully saturated rings. The number of rotatable bonds is 3. The average Bonchev–Trinajstić information content (AvgIpc) is 2.13. The fourth-order valence-electron chi connectivity index (χ4n) is 1.50. The third-order valence-corrected chi connectivity index (χ3v) is 3.61. The minimum atomic E-state index is -4.03. The van der Waals surface area contributed by atoms with Gasteiger partial charge in [-0.1, -0.05) is 26.8 Å². The zero-order valence-corrected chi connectivity index (χ0v) is 11.6. The lowest BCUT2D eigenvalue weighted by atomic mass is 9.87. The second-order valence-corrected chi connectivity index (χ2v) is 7.26. The summed E-state index contributed by atoms with van der Waals surface area (Å²) >= 11 is 0. The highest BCUT2D eigenvalue weighted by Crippen LogP contribution is 2.33. The summed E-state index contributed by atoms with van der Waals surface area (Å²) in [6, 6.07) is 3.72. The van der Waals surface area contributed by atoms with E-state index in [1.165, 1.54) is 12.1 Å². The Balaban J connectivity index is 3.40. The lowest BCUT2D eigenvalue weighted by molar-refractivity contribution is -0.0500. The summed E-state index contributed by atoms with van der Waals surface area (Å²) in [6.45, 7) is 2.36. The molecular formula is C11H13ClF2O3S. The minimum Gasteiger partial charge on any atom is -0.435 e. The maximum atomic E-state index is 12.1. The maximum Gasteiger partial charge on any atom is 0.387 e. The molecule has 0 aliphatic heterocycles. The van der Waals surface area contributed by atoms with Crippen LogP contribution in [0.3, 0.4) is 0 Å². The lowest BCUT2D eigenvalue weighted by Gasteiger charge is -2.22. The van der Waals surface area contributed by atoms with Crippen molar-refractivity contribution >= 4 is 19.7 Å². The van der Waals surface area contributed by atoms with Crippen LogP contribution in [0.4, 0.5) is 8.78 Å². The predicted octanol–water partition coefficient (Wildman–Crippen LogP) is 3.51. The topological polar surface area (TPSA) is 43.4 Å². The minimum absolute atomic E-state index is 0.213. The molecule has 0 aliphatic rings. The quantitative estimate of drug-likeness (QED) is 0.802. The monoisotopic (exact) mass is 298 g/mol. The molecule has 0 radical (unpaired) electrons. The van der Waals surface area contributed by atoms with E-state index in [-0.39, 0.29) is 10.6 Å². The zero-order valence-electron chi connectivity index (χ0n) is 10.1. The van der Waals surface area contributed by atoms with Crippen LogP contribution in [-0.4, -0.2) is 15.0 Å². The Morgan fingerprint density at radius 3 is 2.22 bits per heavy atom. The van der Waals surface area contributed by atoms with Crippen LogP contribution >= 0.6 is 10.7 Å². The summed E-state index contributed by atoms with van der Waals surface area (Å²) < 4.78 is 51.2. The van der Waals surface area contributed by atoms with Crippen molar-refractivity contribution in [3.63, 3.8) is 0 Å². The molecule has 18 heavy (non-hydrogen) atoms. The summed E-state index contributed by atoms with van der Waals surface area (Å²) in [4.78, 5) is -0.213. The summed E-state index contributed by atoms with van der Waals surface area (Å²) in [5, 5.41) is 0. The van der Waals surface area contributed by atoms with Gasteiger partial charge in [0.2, 0.25) is 0 Å². The van der Waals surface area contributed by atoms with E-state index in [4.69, 9.17) is 10.7 Å². The number of hydrogen-bond donors (Lipinski definition) is 0. The van der Waals surface area contributed by atoms with E-state index in [0.717, 1.165) is 6.07 Å². The highest BCUT2D eigenvalue weighted by molar-refractivity contribution is 8.13. The van der Waals surface area contributed by atoms with Crippen molar-refractivity contribution in [1.82, 2.24) is 0 Å². The van der Waals surface area contributed by atoms with Gasteiger partial charge in [-0.15, -0.1) is 0 Å². The summed E-state index contributed by atoms with van der Waals surface area (Å²) in [5.74, 6) is -0.239. The van der Waals surface area contributed by atoms with E-state index < -0.39 is 21.1 Å². The Labute approximate surface area is 109 Å². The molecule has 0 aromatic heterocycles. The first-order valence-electron chi connectivity index (χ1n) is 5.06. The molecule has 7 heteroatoms. The van der Waals surface area contributed by atoms with E-state index in [9.17, 15) is 17.2 Å². The van der Waals surface area contributed by atoms with Gasteiger partial charge in [-0.05, 0) is 17.0 Å². The Hall–Kier alpha value is -0.880. The third-order valence-electron chi connectivity index (χ3n) is 2.25. The van der Waals surface area contributed by atoms with Crippen molar-refractivity contribution in [1.29, 1.82) is 0 Å². The van der Waals surface area contributed by atoms with Gasteiger partial charge in [0.15, 0.2) is 0 Å². The standard InChI is InChI=1S/C11H13ClF2O3S/c1-11(2,3)8-5-4-7(17-10(13)14)6-9(8)18(12,15)16/h4-6,10H,1-3H3. The fraction of sp³-hybridized carbons (Fsp3) is 0.455. The van der Waals surface area contributed by atoms with Crippen molar-refractivity contribution < 1.29 is 21.9 Å². The van der Waals surface area contributed by atoms with Crippen LogP contribution in [0.1, 0.15) is 26.3 Å². The van der Waals surface area contributed by atoms with Crippen LogP contribution in [0, 0.1) is 0 Å². The molecule has 1 aromatic carbocycles. The van der Waals surface area contributed by atoms with Crippen molar-refractivity contribution in [3.8, 4) is 5.75 Å². The average molecular weight is 299 g/mol. The van der Waals surface area contributed by atoms with Crippen molar-refractivity contribution in [2.75, 3.05) is 0 Å². The normalized spacial score (nSPS) is 12.8. The Morgan fingerprint density at radius 1 is 1.28 bits per heavy atom. The van der Waals surface area contributed by atoms with Crippen LogP contribution in [0.25, 0.3) is 0 Å². The number of halogens is 3. The second-order valence-electron chi connectivity index (χ2n) is 4.72. The van der Waals surface area contributed by atoms with Crippen LogP contribution in [0.15, 0.2) is 23.1 Å². The molecule has 0 amide bonds. The Bertz CT molecular complexity index is 536. The molecule has 1 aromatic rings. The smallest absolute Gasteiger partial charge is 0.387 e. The van der Waals surface area contributed by atoms with Gasteiger partial charge in [-0.2, -0.15) is 8.78 Å². The van der Waals surface area contributed by atoms with E-state index in [1.54, 1.807) is 20.8 Å².